The molecule has 2 aromatic carbocycles. The molecule has 1 saturated heterocycles. The van der Waals surface area contributed by atoms with E-state index < -0.39 is 0 Å². The highest BCUT2D eigenvalue weighted by atomic mass is 16.5. The van der Waals surface area contributed by atoms with Crippen LogP contribution in [0.3, 0.4) is 0 Å². The lowest BCUT2D eigenvalue weighted by Gasteiger charge is -2.33. The lowest BCUT2D eigenvalue weighted by molar-refractivity contribution is -0.131. The SMILES string of the molecule is CCC(=O)N1CCCC(Nc2ncnc(N)c2C(=N)c2ccc(Oc3ccccc3)cc2)C1. The summed E-state index contributed by atoms with van der Waals surface area (Å²) in [6, 6.07) is 16.8. The Morgan fingerprint density at radius 1 is 1.15 bits per heavy atom. The molecule has 170 valence electrons. The fraction of sp³-hybridized carbons (Fsp3) is 0.280. The summed E-state index contributed by atoms with van der Waals surface area (Å²) in [6.45, 7) is 3.26. The first-order chi connectivity index (χ1) is 16.0. The fourth-order valence-corrected chi connectivity index (χ4v) is 3.95. The second kappa shape index (κ2) is 10.1. The van der Waals surface area contributed by atoms with E-state index in [1.807, 2.05) is 66.4 Å². The maximum Gasteiger partial charge on any atom is 0.222 e. The van der Waals surface area contributed by atoms with E-state index >= 15 is 0 Å². The van der Waals surface area contributed by atoms with Gasteiger partial charge in [0.15, 0.2) is 0 Å². The number of hydrogen-bond acceptors (Lipinski definition) is 7. The van der Waals surface area contributed by atoms with Crippen LogP contribution in [0.1, 0.15) is 37.3 Å². The monoisotopic (exact) mass is 444 g/mol. The van der Waals surface area contributed by atoms with E-state index in [9.17, 15) is 4.79 Å². The molecule has 4 N–H and O–H groups in total. The van der Waals surface area contributed by atoms with E-state index in [-0.39, 0.29) is 23.5 Å². The molecule has 1 unspecified atom stereocenters. The molecule has 0 saturated carbocycles. The van der Waals surface area contributed by atoms with Crippen LogP contribution >= 0.6 is 0 Å². The van der Waals surface area contributed by atoms with Gasteiger partial charge in [-0.1, -0.05) is 25.1 Å². The van der Waals surface area contributed by atoms with Crippen LogP contribution in [0.5, 0.6) is 11.5 Å². The third-order valence-corrected chi connectivity index (χ3v) is 5.67. The first kappa shape index (κ1) is 22.3. The first-order valence-corrected chi connectivity index (χ1v) is 11.1. The number of aromatic nitrogens is 2. The third kappa shape index (κ3) is 5.28. The van der Waals surface area contributed by atoms with Crippen molar-refractivity contribution in [3.8, 4) is 11.5 Å². The van der Waals surface area contributed by atoms with Gasteiger partial charge in [-0.2, -0.15) is 0 Å². The summed E-state index contributed by atoms with van der Waals surface area (Å²) in [7, 11) is 0. The molecule has 1 aliphatic heterocycles. The molecule has 4 rings (SSSR count). The van der Waals surface area contributed by atoms with Crippen LogP contribution in [0, 0.1) is 5.41 Å². The Labute approximate surface area is 193 Å². The lowest BCUT2D eigenvalue weighted by atomic mass is 10.0. The number of hydrogen-bond donors (Lipinski definition) is 3. The molecule has 1 aromatic heterocycles. The number of amides is 1. The number of nitrogens with one attached hydrogen (secondary N) is 2. The molecule has 3 aromatic rings. The molecule has 8 heteroatoms. The molecule has 8 nitrogen and oxygen atoms in total. The van der Waals surface area contributed by atoms with Gasteiger partial charge in [-0.3, -0.25) is 10.2 Å². The van der Waals surface area contributed by atoms with E-state index in [4.69, 9.17) is 15.9 Å². The predicted octanol–water partition coefficient (Wildman–Crippen LogP) is 4.08. The zero-order valence-corrected chi connectivity index (χ0v) is 18.6. The number of nitrogen functional groups attached to an aromatic ring is 1. The molecular formula is C25H28N6O2. The van der Waals surface area contributed by atoms with Crippen molar-refractivity contribution in [2.75, 3.05) is 24.1 Å². The number of carbonyl (C=O) groups is 1. The quantitative estimate of drug-likeness (QED) is 0.473. The van der Waals surface area contributed by atoms with Gasteiger partial charge in [0.05, 0.1) is 11.3 Å². The smallest absolute Gasteiger partial charge is 0.222 e. The molecule has 1 fully saturated rings. The van der Waals surface area contributed by atoms with E-state index in [0.29, 0.717) is 35.7 Å². The largest absolute Gasteiger partial charge is 0.457 e. The van der Waals surface area contributed by atoms with Crippen molar-refractivity contribution < 1.29 is 9.53 Å². The Morgan fingerprint density at radius 3 is 2.61 bits per heavy atom. The van der Waals surface area contributed by atoms with E-state index in [1.165, 1.54) is 6.33 Å². The number of ether oxygens (including phenoxy) is 1. The summed E-state index contributed by atoms with van der Waals surface area (Å²) in [6.07, 6.45) is 3.71. The maximum absolute atomic E-state index is 12.1. The minimum absolute atomic E-state index is 0.0387. The van der Waals surface area contributed by atoms with Crippen LogP contribution in [0.2, 0.25) is 0 Å². The van der Waals surface area contributed by atoms with Crippen molar-refractivity contribution in [3.05, 3.63) is 72.1 Å². The summed E-state index contributed by atoms with van der Waals surface area (Å²) in [5.41, 5.74) is 7.52. The molecular weight excluding hydrogens is 416 g/mol. The van der Waals surface area contributed by atoms with Gasteiger partial charge in [-0.15, -0.1) is 0 Å². The highest BCUT2D eigenvalue weighted by Gasteiger charge is 2.25. The van der Waals surface area contributed by atoms with E-state index in [2.05, 4.69) is 15.3 Å². The minimum atomic E-state index is 0.0387. The van der Waals surface area contributed by atoms with Crippen LogP contribution in [0.15, 0.2) is 60.9 Å². The molecule has 0 aliphatic carbocycles. The van der Waals surface area contributed by atoms with Crippen molar-refractivity contribution in [2.24, 2.45) is 0 Å². The van der Waals surface area contributed by atoms with Crippen LogP contribution in [-0.2, 0) is 4.79 Å². The maximum atomic E-state index is 12.1. The Hall–Kier alpha value is -3.94. The highest BCUT2D eigenvalue weighted by molar-refractivity contribution is 6.16. The highest BCUT2D eigenvalue weighted by Crippen LogP contribution is 2.26. The second-order valence-corrected chi connectivity index (χ2v) is 7.97. The number of nitrogens with zero attached hydrogens (tertiary/aromatic N) is 3. The van der Waals surface area contributed by atoms with Crippen LogP contribution in [0.4, 0.5) is 11.6 Å². The summed E-state index contributed by atoms with van der Waals surface area (Å²) in [5.74, 6) is 2.31. The van der Waals surface area contributed by atoms with Crippen LogP contribution in [-0.4, -0.2) is 45.6 Å². The predicted molar refractivity (Wildman–Crippen MR) is 129 cm³/mol. The number of rotatable bonds is 7. The zero-order valence-electron chi connectivity index (χ0n) is 18.6. The number of anilines is 2. The van der Waals surface area contributed by atoms with Gasteiger partial charge >= 0.3 is 0 Å². The standard InChI is InChI=1S/C25H28N6O2/c1-2-21(32)31-14-6-7-18(15-31)30-25-22(24(27)28-16-29-25)23(26)17-10-12-20(13-11-17)33-19-8-4-3-5-9-19/h3-5,8-13,16,18,26H,2,6-7,14-15H2,1H3,(H3,27,28,29,30). The molecule has 0 spiro atoms. The molecule has 2 heterocycles. The molecule has 0 radical (unpaired) electrons. The van der Waals surface area contributed by atoms with Gasteiger partial charge in [0, 0.05) is 31.1 Å². The van der Waals surface area contributed by atoms with Crippen molar-refractivity contribution in [1.29, 1.82) is 5.41 Å². The third-order valence-electron chi connectivity index (χ3n) is 5.67. The van der Waals surface area contributed by atoms with Gasteiger partial charge < -0.3 is 20.7 Å². The zero-order chi connectivity index (χ0) is 23.2. The number of piperidine rings is 1. The average molecular weight is 445 g/mol. The summed E-state index contributed by atoms with van der Waals surface area (Å²) in [4.78, 5) is 22.5. The number of nitrogens with two attached hydrogens (primary N) is 1. The Balaban J connectivity index is 1.52. The number of para-hydroxylation sites is 1. The Morgan fingerprint density at radius 2 is 1.88 bits per heavy atom. The van der Waals surface area contributed by atoms with Gasteiger partial charge in [0.25, 0.3) is 0 Å². The van der Waals surface area contributed by atoms with Crippen molar-refractivity contribution in [2.45, 2.75) is 32.2 Å². The first-order valence-electron chi connectivity index (χ1n) is 11.1. The van der Waals surface area contributed by atoms with Gasteiger partial charge in [0.2, 0.25) is 5.91 Å². The molecule has 1 atom stereocenters. The number of likely N-dealkylation sites (tertiary alicyclic amines) is 1. The lowest BCUT2D eigenvalue weighted by Crippen LogP contribution is -2.45. The van der Waals surface area contributed by atoms with Gasteiger partial charge in [-0.05, 0) is 49.2 Å². The summed E-state index contributed by atoms with van der Waals surface area (Å²) < 4.78 is 5.84. The molecule has 33 heavy (non-hydrogen) atoms. The summed E-state index contributed by atoms with van der Waals surface area (Å²) >= 11 is 0. The average Bonchev–Trinajstić information content (AvgIpc) is 2.84. The van der Waals surface area contributed by atoms with Gasteiger partial charge in [-0.25, -0.2) is 9.97 Å². The van der Waals surface area contributed by atoms with Crippen molar-refractivity contribution in [3.63, 3.8) is 0 Å². The molecule has 1 amide bonds. The fourth-order valence-electron chi connectivity index (χ4n) is 3.95. The second-order valence-electron chi connectivity index (χ2n) is 7.97. The minimum Gasteiger partial charge on any atom is -0.457 e. The molecule has 0 bridgehead atoms. The van der Waals surface area contributed by atoms with E-state index in [1.54, 1.807) is 0 Å². The van der Waals surface area contributed by atoms with Gasteiger partial charge in [0.1, 0.15) is 29.5 Å². The van der Waals surface area contributed by atoms with Crippen molar-refractivity contribution in [1.82, 2.24) is 14.9 Å². The number of benzene rings is 2. The van der Waals surface area contributed by atoms with Crippen LogP contribution < -0.4 is 15.8 Å². The summed E-state index contributed by atoms with van der Waals surface area (Å²) in [5, 5.41) is 12.2. The van der Waals surface area contributed by atoms with Crippen LogP contribution in [0.25, 0.3) is 0 Å². The van der Waals surface area contributed by atoms with E-state index in [0.717, 1.165) is 25.1 Å². The molecule has 1 aliphatic rings. The van der Waals surface area contributed by atoms with Crippen molar-refractivity contribution >= 4 is 23.3 Å². The Bertz CT molecular complexity index is 1120. The number of carbonyl (C=O) groups excluding carboxylic acids is 1. The normalized spacial score (nSPS) is 15.7. The topological polar surface area (TPSA) is 117 Å². The Kier molecular flexibility index (Phi) is 6.83.